The third-order valence-corrected chi connectivity index (χ3v) is 8.23. The molecule has 5 rings (SSSR count). The lowest BCUT2D eigenvalue weighted by atomic mass is 10.0. The van der Waals surface area contributed by atoms with Crippen LogP contribution >= 0.6 is 23.1 Å². The zero-order chi connectivity index (χ0) is 21.4. The Morgan fingerprint density at radius 2 is 2.23 bits per heavy atom. The van der Waals surface area contributed by atoms with Gasteiger partial charge in [-0.1, -0.05) is 11.8 Å². The molecule has 0 saturated carbocycles. The number of likely N-dealkylation sites (tertiary alicyclic amines) is 1. The molecule has 0 N–H and O–H groups in total. The maximum atomic E-state index is 13.4. The number of carbonyl (C=O) groups excluding carboxylic acids is 1. The number of aromatic nitrogens is 3. The van der Waals surface area contributed by atoms with Crippen LogP contribution in [0.25, 0.3) is 20.4 Å². The van der Waals surface area contributed by atoms with Gasteiger partial charge in [0.25, 0.3) is 5.56 Å². The second-order valence-electron chi connectivity index (χ2n) is 8.30. The van der Waals surface area contributed by atoms with Gasteiger partial charge >= 0.3 is 0 Å². The summed E-state index contributed by atoms with van der Waals surface area (Å²) in [6.45, 7) is 4.14. The highest BCUT2D eigenvalue weighted by atomic mass is 32.2. The van der Waals surface area contributed by atoms with Crippen molar-refractivity contribution in [2.45, 2.75) is 62.9 Å². The molecule has 2 fully saturated rings. The van der Waals surface area contributed by atoms with Crippen LogP contribution in [0, 0.1) is 0 Å². The summed E-state index contributed by atoms with van der Waals surface area (Å²) in [5.41, 5.74) is 0.618. The fraction of sp³-hybridized carbons (Fsp3) is 0.545. The molecule has 164 valence electrons. The Kier molecular flexibility index (Phi) is 5.99. The minimum absolute atomic E-state index is 0.0154. The fourth-order valence-electron chi connectivity index (χ4n) is 4.48. The molecule has 5 heterocycles. The van der Waals surface area contributed by atoms with Gasteiger partial charge in [0.2, 0.25) is 5.91 Å². The number of nitrogens with zero attached hydrogens (tertiary/aromatic N) is 4. The number of piperidine rings is 1. The maximum Gasteiger partial charge on any atom is 0.272 e. The minimum atomic E-state index is -0.0650. The Bertz CT molecular complexity index is 1170. The lowest BCUT2D eigenvalue weighted by Crippen LogP contribution is -2.43. The van der Waals surface area contributed by atoms with E-state index in [9.17, 15) is 9.59 Å². The maximum absolute atomic E-state index is 13.4. The van der Waals surface area contributed by atoms with Crippen molar-refractivity contribution in [2.24, 2.45) is 0 Å². The number of fused-ring (bicyclic) bond motifs is 3. The molecule has 1 amide bonds. The van der Waals surface area contributed by atoms with E-state index in [4.69, 9.17) is 9.72 Å². The Labute approximate surface area is 188 Å². The molecule has 3 aromatic rings. The molecule has 0 unspecified atom stereocenters. The van der Waals surface area contributed by atoms with Gasteiger partial charge in [-0.25, -0.2) is 9.97 Å². The van der Waals surface area contributed by atoms with Crippen LogP contribution in [0.15, 0.2) is 28.3 Å². The first-order chi connectivity index (χ1) is 15.1. The van der Waals surface area contributed by atoms with E-state index in [0.717, 1.165) is 49.1 Å². The van der Waals surface area contributed by atoms with Gasteiger partial charge in [-0.15, -0.1) is 11.3 Å². The van der Waals surface area contributed by atoms with E-state index in [1.807, 2.05) is 17.0 Å². The number of thioether (sulfide) groups is 1. The van der Waals surface area contributed by atoms with Gasteiger partial charge < -0.3 is 9.64 Å². The van der Waals surface area contributed by atoms with Crippen molar-refractivity contribution in [3.8, 4) is 0 Å². The van der Waals surface area contributed by atoms with E-state index in [2.05, 4.69) is 11.9 Å². The highest BCUT2D eigenvalue weighted by molar-refractivity contribution is 7.99. The molecule has 31 heavy (non-hydrogen) atoms. The molecule has 2 aliphatic rings. The monoisotopic (exact) mass is 458 g/mol. The van der Waals surface area contributed by atoms with Crippen LogP contribution in [0.2, 0.25) is 0 Å². The van der Waals surface area contributed by atoms with Crippen molar-refractivity contribution in [1.29, 1.82) is 0 Å². The van der Waals surface area contributed by atoms with Gasteiger partial charge in [0.05, 0.1) is 23.9 Å². The fourth-order valence-corrected chi connectivity index (χ4v) is 6.40. The number of carbonyl (C=O) groups is 1. The third-order valence-electron chi connectivity index (χ3n) is 6.18. The number of hydrogen-bond donors (Lipinski definition) is 0. The molecular formula is C22H26N4O3S2. The number of pyridine rings is 1. The average molecular weight is 459 g/mol. The quantitative estimate of drug-likeness (QED) is 0.429. The van der Waals surface area contributed by atoms with Gasteiger partial charge in [0, 0.05) is 30.8 Å². The van der Waals surface area contributed by atoms with Crippen molar-refractivity contribution < 1.29 is 9.53 Å². The SMILES string of the molecule is C[C@@H]1CCCCN1C(=O)CSc1nc2c(sc3ncccc32)c(=O)n1C[C@H]1CCCO1. The number of hydrogen-bond acceptors (Lipinski definition) is 7. The summed E-state index contributed by atoms with van der Waals surface area (Å²) >= 11 is 2.75. The summed E-state index contributed by atoms with van der Waals surface area (Å²) in [5, 5.41) is 1.48. The van der Waals surface area contributed by atoms with E-state index in [1.54, 1.807) is 10.8 Å². The average Bonchev–Trinajstić information content (AvgIpc) is 3.42. The lowest BCUT2D eigenvalue weighted by Gasteiger charge is -2.33. The van der Waals surface area contributed by atoms with Crippen molar-refractivity contribution >= 4 is 49.4 Å². The first kappa shape index (κ1) is 20.9. The van der Waals surface area contributed by atoms with E-state index in [0.29, 0.717) is 21.9 Å². The molecule has 0 bridgehead atoms. The van der Waals surface area contributed by atoms with Crippen LogP contribution in [-0.2, 0) is 16.1 Å². The zero-order valence-corrected chi connectivity index (χ0v) is 19.2. The van der Waals surface area contributed by atoms with Gasteiger partial charge in [0.1, 0.15) is 9.53 Å². The smallest absolute Gasteiger partial charge is 0.272 e. The first-order valence-corrected chi connectivity index (χ1v) is 12.7. The molecule has 7 nitrogen and oxygen atoms in total. The van der Waals surface area contributed by atoms with Crippen molar-refractivity contribution in [2.75, 3.05) is 18.9 Å². The Balaban J connectivity index is 1.50. The van der Waals surface area contributed by atoms with E-state index in [1.165, 1.54) is 29.5 Å². The second kappa shape index (κ2) is 8.88. The molecule has 0 radical (unpaired) electrons. The number of rotatable bonds is 5. The van der Waals surface area contributed by atoms with Crippen molar-refractivity contribution in [3.05, 3.63) is 28.7 Å². The largest absolute Gasteiger partial charge is 0.376 e. The number of thiophene rings is 1. The molecule has 3 aromatic heterocycles. The predicted molar refractivity (Wildman–Crippen MR) is 124 cm³/mol. The normalized spacial score (nSPS) is 21.9. The van der Waals surface area contributed by atoms with Crippen LogP contribution in [0.1, 0.15) is 39.0 Å². The second-order valence-corrected chi connectivity index (χ2v) is 10.2. The van der Waals surface area contributed by atoms with Crippen LogP contribution in [-0.4, -0.2) is 56.4 Å². The Morgan fingerprint density at radius 1 is 1.32 bits per heavy atom. The zero-order valence-electron chi connectivity index (χ0n) is 17.6. The molecule has 0 aliphatic carbocycles. The van der Waals surface area contributed by atoms with Gasteiger partial charge in [0.15, 0.2) is 5.16 Å². The van der Waals surface area contributed by atoms with Gasteiger partial charge in [-0.2, -0.15) is 0 Å². The Hall–Kier alpha value is -1.97. The van der Waals surface area contributed by atoms with Crippen molar-refractivity contribution in [1.82, 2.24) is 19.4 Å². The molecule has 2 aliphatic heterocycles. The summed E-state index contributed by atoms with van der Waals surface area (Å²) in [6, 6.07) is 4.09. The van der Waals surface area contributed by atoms with Crippen LogP contribution in [0.3, 0.4) is 0 Å². The molecule has 0 aromatic carbocycles. The topological polar surface area (TPSA) is 77.3 Å². The third kappa shape index (κ3) is 4.10. The lowest BCUT2D eigenvalue weighted by molar-refractivity contribution is -0.131. The molecule has 2 atom stereocenters. The molecule has 2 saturated heterocycles. The summed E-state index contributed by atoms with van der Waals surface area (Å²) < 4.78 is 8.12. The van der Waals surface area contributed by atoms with E-state index >= 15 is 0 Å². The van der Waals surface area contributed by atoms with Crippen LogP contribution in [0.4, 0.5) is 0 Å². The number of ether oxygens (including phenoxy) is 1. The minimum Gasteiger partial charge on any atom is -0.376 e. The van der Waals surface area contributed by atoms with Crippen LogP contribution < -0.4 is 5.56 Å². The standard InChI is InChI=1S/C22H26N4O3S2/c1-14-6-2-3-10-25(14)17(27)13-30-22-24-18-16-8-4-9-23-20(16)31-19(18)21(28)26(22)12-15-7-5-11-29-15/h4,8-9,14-15H,2-3,5-7,10-13H2,1H3/t14-,15-/m1/s1. The summed E-state index contributed by atoms with van der Waals surface area (Å²) in [4.78, 5) is 38.4. The van der Waals surface area contributed by atoms with Gasteiger partial charge in [-0.3, -0.25) is 14.2 Å². The highest BCUT2D eigenvalue weighted by Gasteiger charge is 2.25. The molecular weight excluding hydrogens is 432 g/mol. The summed E-state index contributed by atoms with van der Waals surface area (Å²) in [5.74, 6) is 0.403. The Morgan fingerprint density at radius 3 is 3.03 bits per heavy atom. The highest BCUT2D eigenvalue weighted by Crippen LogP contribution is 2.31. The van der Waals surface area contributed by atoms with Gasteiger partial charge in [-0.05, 0) is 51.2 Å². The summed E-state index contributed by atoms with van der Waals surface area (Å²) in [7, 11) is 0. The predicted octanol–water partition coefficient (Wildman–Crippen LogP) is 3.68. The molecule has 9 heteroatoms. The summed E-state index contributed by atoms with van der Waals surface area (Å²) in [6.07, 6.45) is 6.98. The van der Waals surface area contributed by atoms with E-state index in [-0.39, 0.29) is 29.4 Å². The van der Waals surface area contributed by atoms with Crippen LogP contribution in [0.5, 0.6) is 0 Å². The first-order valence-electron chi connectivity index (χ1n) is 10.9. The van der Waals surface area contributed by atoms with Crippen molar-refractivity contribution in [3.63, 3.8) is 0 Å². The number of amides is 1. The van der Waals surface area contributed by atoms with E-state index < -0.39 is 0 Å². The molecule has 0 spiro atoms.